The normalized spacial score (nSPS) is 24.4. The molecule has 0 spiro atoms. The summed E-state index contributed by atoms with van der Waals surface area (Å²) in [6.45, 7) is 10.7. The second-order valence-corrected chi connectivity index (χ2v) is 14.0. The van der Waals surface area contributed by atoms with Crippen LogP contribution >= 0.6 is 0 Å². The summed E-state index contributed by atoms with van der Waals surface area (Å²) in [6.07, 6.45) is -2.62. The number of aromatic nitrogens is 2. The minimum atomic E-state index is -2.13. The largest absolute Gasteiger partial charge is 0.485 e. The SMILES string of the molecule is CC(C)(C)[Si](C)(C)OC[C@H]1O[C@@H](n2ccc(=O)[nH]c2=O)[C@H](O)[C@@H]1Oc1ccc(F)cc1. The van der Waals surface area contributed by atoms with E-state index in [4.69, 9.17) is 13.9 Å². The fraction of sp³-hybridized carbons (Fsp3) is 0.524. The van der Waals surface area contributed by atoms with Gasteiger partial charge in [-0.15, -0.1) is 0 Å². The Bertz CT molecular complexity index is 1010. The Labute approximate surface area is 180 Å². The minimum Gasteiger partial charge on any atom is -0.485 e. The van der Waals surface area contributed by atoms with Gasteiger partial charge in [-0.05, 0) is 42.4 Å². The average Bonchev–Trinajstić information content (AvgIpc) is 2.97. The van der Waals surface area contributed by atoms with Crippen LogP contribution in [0.4, 0.5) is 4.39 Å². The second-order valence-electron chi connectivity index (χ2n) is 9.18. The van der Waals surface area contributed by atoms with Gasteiger partial charge in [0.2, 0.25) is 0 Å². The molecule has 0 radical (unpaired) electrons. The maximum atomic E-state index is 13.3. The van der Waals surface area contributed by atoms with Gasteiger partial charge in [-0.2, -0.15) is 0 Å². The molecular formula is C21H29FN2O6Si. The van der Waals surface area contributed by atoms with Gasteiger partial charge in [-0.25, -0.2) is 9.18 Å². The predicted molar refractivity (Wildman–Crippen MR) is 115 cm³/mol. The van der Waals surface area contributed by atoms with E-state index in [0.717, 1.165) is 4.57 Å². The van der Waals surface area contributed by atoms with Gasteiger partial charge in [0.05, 0.1) is 6.61 Å². The molecule has 0 unspecified atom stereocenters. The van der Waals surface area contributed by atoms with Crippen LogP contribution in [-0.2, 0) is 9.16 Å². The van der Waals surface area contributed by atoms with Crippen molar-refractivity contribution < 1.29 is 23.4 Å². The summed E-state index contributed by atoms with van der Waals surface area (Å²) in [7, 11) is -2.13. The van der Waals surface area contributed by atoms with Crippen LogP contribution in [0.25, 0.3) is 0 Å². The van der Waals surface area contributed by atoms with Gasteiger partial charge in [0, 0.05) is 12.3 Å². The number of hydrogen-bond donors (Lipinski definition) is 2. The van der Waals surface area contributed by atoms with Crippen LogP contribution in [0.15, 0.2) is 46.1 Å². The molecule has 170 valence electrons. The Morgan fingerprint density at radius 3 is 2.42 bits per heavy atom. The first-order valence-corrected chi connectivity index (χ1v) is 13.0. The molecule has 0 amide bonds. The van der Waals surface area contributed by atoms with Gasteiger partial charge in [-0.1, -0.05) is 20.8 Å². The highest BCUT2D eigenvalue weighted by Gasteiger charge is 2.48. The lowest BCUT2D eigenvalue weighted by molar-refractivity contribution is -0.0526. The first-order chi connectivity index (χ1) is 14.4. The van der Waals surface area contributed by atoms with Gasteiger partial charge in [-0.3, -0.25) is 14.3 Å². The van der Waals surface area contributed by atoms with Crippen LogP contribution in [0.3, 0.4) is 0 Å². The zero-order valence-corrected chi connectivity index (χ0v) is 19.3. The van der Waals surface area contributed by atoms with E-state index in [1.54, 1.807) is 0 Å². The molecule has 1 aromatic heterocycles. The molecule has 2 N–H and O–H groups in total. The van der Waals surface area contributed by atoms with E-state index in [2.05, 4.69) is 38.8 Å². The number of nitrogens with zero attached hydrogens (tertiary/aromatic N) is 1. The molecule has 4 atom stereocenters. The Balaban J connectivity index is 1.88. The highest BCUT2D eigenvalue weighted by molar-refractivity contribution is 6.74. The lowest BCUT2D eigenvalue weighted by Gasteiger charge is -2.37. The zero-order valence-electron chi connectivity index (χ0n) is 18.3. The molecular weight excluding hydrogens is 423 g/mol. The van der Waals surface area contributed by atoms with Crippen LogP contribution in [-0.4, -0.2) is 47.9 Å². The molecule has 1 aliphatic rings. The van der Waals surface area contributed by atoms with E-state index in [1.807, 2.05) is 0 Å². The topological polar surface area (TPSA) is 103 Å². The van der Waals surface area contributed by atoms with Gasteiger partial charge < -0.3 is 19.0 Å². The van der Waals surface area contributed by atoms with Crippen LogP contribution in [0.1, 0.15) is 27.0 Å². The van der Waals surface area contributed by atoms with Gasteiger partial charge >= 0.3 is 5.69 Å². The Kier molecular flexibility index (Phi) is 6.56. The molecule has 1 aromatic carbocycles. The first-order valence-electron chi connectivity index (χ1n) is 10.1. The predicted octanol–water partition coefficient (Wildman–Crippen LogP) is 2.40. The van der Waals surface area contributed by atoms with E-state index >= 15 is 0 Å². The number of aromatic amines is 1. The Morgan fingerprint density at radius 1 is 1.19 bits per heavy atom. The Hall–Kier alpha value is -2.27. The number of halogens is 1. The fourth-order valence-electron chi connectivity index (χ4n) is 3.03. The molecule has 1 aliphatic heterocycles. The number of aliphatic hydroxyl groups excluding tert-OH is 1. The Morgan fingerprint density at radius 2 is 1.84 bits per heavy atom. The smallest absolute Gasteiger partial charge is 0.330 e. The standard InChI is InChI=1S/C21H29FN2O6Si/c1-21(2,3)31(4,5)28-12-15-18(29-14-8-6-13(22)7-9-14)17(26)19(30-15)24-11-10-16(25)23-20(24)27/h6-11,15,17-19,26H,12H2,1-5H3,(H,23,25,27)/t15-,17-,18-,19-/m1/s1. The van der Waals surface area contributed by atoms with Crippen molar-refractivity contribution >= 4 is 8.32 Å². The van der Waals surface area contributed by atoms with Crippen LogP contribution in [0, 0.1) is 5.82 Å². The van der Waals surface area contributed by atoms with E-state index < -0.39 is 49.9 Å². The summed E-state index contributed by atoms with van der Waals surface area (Å²) in [6, 6.07) is 6.58. The van der Waals surface area contributed by atoms with Crippen molar-refractivity contribution in [3.05, 3.63) is 63.2 Å². The molecule has 0 saturated carbocycles. The van der Waals surface area contributed by atoms with E-state index in [-0.39, 0.29) is 11.6 Å². The summed E-state index contributed by atoms with van der Waals surface area (Å²) in [5.74, 6) is -0.0631. The summed E-state index contributed by atoms with van der Waals surface area (Å²) in [4.78, 5) is 25.8. The molecule has 8 nitrogen and oxygen atoms in total. The summed E-state index contributed by atoms with van der Waals surface area (Å²) >= 11 is 0. The van der Waals surface area contributed by atoms with Crippen molar-refractivity contribution in [2.24, 2.45) is 0 Å². The van der Waals surface area contributed by atoms with Crippen molar-refractivity contribution in [1.29, 1.82) is 0 Å². The molecule has 1 saturated heterocycles. The minimum absolute atomic E-state index is 0.0349. The molecule has 1 fully saturated rings. The van der Waals surface area contributed by atoms with Gasteiger partial charge in [0.15, 0.2) is 20.6 Å². The number of nitrogens with one attached hydrogen (secondary N) is 1. The van der Waals surface area contributed by atoms with Gasteiger partial charge in [0.25, 0.3) is 5.56 Å². The zero-order chi connectivity index (χ0) is 23.0. The molecule has 2 aromatic rings. The number of rotatable bonds is 6. The fourth-order valence-corrected chi connectivity index (χ4v) is 4.05. The number of hydrogen-bond acceptors (Lipinski definition) is 6. The third kappa shape index (κ3) is 5.14. The molecule has 0 aliphatic carbocycles. The van der Waals surface area contributed by atoms with E-state index in [1.165, 1.54) is 36.5 Å². The van der Waals surface area contributed by atoms with E-state index in [0.29, 0.717) is 5.75 Å². The van der Waals surface area contributed by atoms with Crippen LogP contribution in [0.5, 0.6) is 5.75 Å². The average molecular weight is 453 g/mol. The highest BCUT2D eigenvalue weighted by atomic mass is 28.4. The highest BCUT2D eigenvalue weighted by Crippen LogP contribution is 2.38. The van der Waals surface area contributed by atoms with Crippen molar-refractivity contribution in [2.45, 2.75) is 63.4 Å². The third-order valence-electron chi connectivity index (χ3n) is 5.94. The maximum Gasteiger partial charge on any atom is 0.330 e. The third-order valence-corrected chi connectivity index (χ3v) is 10.4. The number of aliphatic hydroxyl groups is 1. The van der Waals surface area contributed by atoms with Crippen molar-refractivity contribution in [2.75, 3.05) is 6.61 Å². The van der Waals surface area contributed by atoms with Crippen molar-refractivity contribution in [3.8, 4) is 5.75 Å². The lowest BCUT2D eigenvalue weighted by Crippen LogP contribution is -2.46. The van der Waals surface area contributed by atoms with Crippen LogP contribution in [0.2, 0.25) is 18.1 Å². The summed E-state index contributed by atoms with van der Waals surface area (Å²) in [5.41, 5.74) is -1.26. The van der Waals surface area contributed by atoms with Crippen molar-refractivity contribution in [1.82, 2.24) is 9.55 Å². The molecule has 2 heterocycles. The molecule has 0 bridgehead atoms. The maximum absolute atomic E-state index is 13.3. The van der Waals surface area contributed by atoms with E-state index in [9.17, 15) is 19.1 Å². The monoisotopic (exact) mass is 452 g/mol. The molecule has 10 heteroatoms. The first kappa shape index (κ1) is 23.4. The lowest BCUT2D eigenvalue weighted by atomic mass is 10.1. The van der Waals surface area contributed by atoms with Crippen LogP contribution < -0.4 is 16.0 Å². The second kappa shape index (κ2) is 8.70. The summed E-state index contributed by atoms with van der Waals surface area (Å²) in [5, 5.41) is 10.9. The number of ether oxygens (including phenoxy) is 2. The number of benzene rings is 1. The van der Waals surface area contributed by atoms with Crippen molar-refractivity contribution in [3.63, 3.8) is 0 Å². The summed E-state index contributed by atoms with van der Waals surface area (Å²) < 4.78 is 32.6. The number of H-pyrrole nitrogens is 1. The molecule has 3 rings (SSSR count). The van der Waals surface area contributed by atoms with Gasteiger partial charge in [0.1, 0.15) is 23.8 Å². The molecule has 31 heavy (non-hydrogen) atoms. The quantitative estimate of drug-likeness (QED) is 0.653.